The van der Waals surface area contributed by atoms with Crippen molar-refractivity contribution in [3.05, 3.63) is 82.4 Å². The molecule has 0 radical (unpaired) electrons. The number of thiazole rings is 1. The van der Waals surface area contributed by atoms with Crippen molar-refractivity contribution < 1.29 is 4.79 Å². The molecule has 3 rings (SSSR count). The highest BCUT2D eigenvalue weighted by molar-refractivity contribution is 7.13. The van der Waals surface area contributed by atoms with Gasteiger partial charge in [-0.25, -0.2) is 4.98 Å². The second-order valence-corrected chi connectivity index (χ2v) is 6.04. The molecule has 0 saturated heterocycles. The lowest BCUT2D eigenvalue weighted by Crippen LogP contribution is -2.03. The molecular formula is C18H16N2OS. The lowest BCUT2D eigenvalue weighted by molar-refractivity contribution is 0.103. The highest BCUT2D eigenvalue weighted by atomic mass is 32.1. The SMILES string of the molecule is CC(c1cccc(C(=O)c2ccccc2)c1)c1csc(N)n1. The van der Waals surface area contributed by atoms with Gasteiger partial charge in [0.25, 0.3) is 0 Å². The highest BCUT2D eigenvalue weighted by Gasteiger charge is 2.14. The molecule has 110 valence electrons. The van der Waals surface area contributed by atoms with Crippen LogP contribution in [-0.2, 0) is 0 Å². The van der Waals surface area contributed by atoms with E-state index in [-0.39, 0.29) is 11.7 Å². The molecule has 2 N–H and O–H groups in total. The largest absolute Gasteiger partial charge is 0.375 e. The minimum absolute atomic E-state index is 0.0347. The first kappa shape index (κ1) is 14.5. The van der Waals surface area contributed by atoms with E-state index < -0.39 is 0 Å². The summed E-state index contributed by atoms with van der Waals surface area (Å²) in [6.07, 6.45) is 0. The average Bonchev–Trinajstić information content (AvgIpc) is 3.01. The fourth-order valence-corrected chi connectivity index (χ4v) is 3.03. The van der Waals surface area contributed by atoms with E-state index in [1.54, 1.807) is 0 Å². The number of anilines is 1. The number of hydrogen-bond acceptors (Lipinski definition) is 4. The Balaban J connectivity index is 1.91. The van der Waals surface area contributed by atoms with Crippen molar-refractivity contribution in [3.63, 3.8) is 0 Å². The molecule has 3 aromatic rings. The van der Waals surface area contributed by atoms with Crippen LogP contribution in [0.4, 0.5) is 5.13 Å². The van der Waals surface area contributed by atoms with Crippen LogP contribution >= 0.6 is 11.3 Å². The number of hydrogen-bond donors (Lipinski definition) is 1. The zero-order valence-corrected chi connectivity index (χ0v) is 13.0. The van der Waals surface area contributed by atoms with Crippen LogP contribution in [0.3, 0.4) is 0 Å². The van der Waals surface area contributed by atoms with Crippen LogP contribution in [0.1, 0.15) is 40.0 Å². The summed E-state index contributed by atoms with van der Waals surface area (Å²) < 4.78 is 0. The summed E-state index contributed by atoms with van der Waals surface area (Å²) in [7, 11) is 0. The maximum atomic E-state index is 12.5. The van der Waals surface area contributed by atoms with Crippen LogP contribution in [0.15, 0.2) is 60.0 Å². The van der Waals surface area contributed by atoms with E-state index in [1.165, 1.54) is 11.3 Å². The maximum absolute atomic E-state index is 12.5. The zero-order valence-electron chi connectivity index (χ0n) is 12.2. The molecule has 0 saturated carbocycles. The minimum Gasteiger partial charge on any atom is -0.375 e. The van der Waals surface area contributed by atoms with Crippen molar-refractivity contribution in [1.82, 2.24) is 4.98 Å². The third-order valence-electron chi connectivity index (χ3n) is 3.67. The van der Waals surface area contributed by atoms with Gasteiger partial charge in [-0.2, -0.15) is 0 Å². The van der Waals surface area contributed by atoms with Crippen molar-refractivity contribution in [2.45, 2.75) is 12.8 Å². The molecule has 0 aliphatic rings. The Kier molecular flexibility index (Phi) is 4.02. The summed E-state index contributed by atoms with van der Waals surface area (Å²) in [6, 6.07) is 17.0. The van der Waals surface area contributed by atoms with Crippen molar-refractivity contribution in [2.75, 3.05) is 5.73 Å². The van der Waals surface area contributed by atoms with Gasteiger partial charge in [-0.05, 0) is 11.6 Å². The summed E-state index contributed by atoms with van der Waals surface area (Å²) in [5.41, 5.74) is 9.09. The summed E-state index contributed by atoms with van der Waals surface area (Å²) in [4.78, 5) is 16.9. The predicted octanol–water partition coefficient (Wildman–Crippen LogP) is 4.11. The van der Waals surface area contributed by atoms with Crippen molar-refractivity contribution >= 4 is 22.3 Å². The Morgan fingerprint density at radius 3 is 2.50 bits per heavy atom. The molecule has 0 fully saturated rings. The first-order valence-electron chi connectivity index (χ1n) is 7.06. The van der Waals surface area contributed by atoms with Gasteiger partial charge in [0.1, 0.15) is 0 Å². The summed E-state index contributed by atoms with van der Waals surface area (Å²) >= 11 is 1.43. The Morgan fingerprint density at radius 2 is 1.82 bits per heavy atom. The third kappa shape index (κ3) is 2.92. The van der Waals surface area contributed by atoms with E-state index in [1.807, 2.05) is 60.0 Å². The fourth-order valence-electron chi connectivity index (χ4n) is 2.38. The predicted molar refractivity (Wildman–Crippen MR) is 90.4 cm³/mol. The molecule has 0 bridgehead atoms. The van der Waals surface area contributed by atoms with E-state index in [9.17, 15) is 4.79 Å². The number of nitrogen functional groups attached to an aromatic ring is 1. The van der Waals surface area contributed by atoms with Crippen molar-refractivity contribution in [2.24, 2.45) is 0 Å². The molecule has 2 aromatic carbocycles. The molecule has 4 heteroatoms. The van der Waals surface area contributed by atoms with Crippen LogP contribution in [0.2, 0.25) is 0 Å². The van der Waals surface area contributed by atoms with Gasteiger partial charge >= 0.3 is 0 Å². The van der Waals surface area contributed by atoms with Crippen molar-refractivity contribution in [3.8, 4) is 0 Å². The van der Waals surface area contributed by atoms with Crippen LogP contribution < -0.4 is 5.73 Å². The Bertz CT molecular complexity index is 796. The molecule has 0 spiro atoms. The molecule has 0 amide bonds. The van der Waals surface area contributed by atoms with Gasteiger partial charge in [0.15, 0.2) is 10.9 Å². The van der Waals surface area contributed by atoms with E-state index in [4.69, 9.17) is 5.73 Å². The molecule has 22 heavy (non-hydrogen) atoms. The number of rotatable bonds is 4. The Morgan fingerprint density at radius 1 is 1.09 bits per heavy atom. The number of nitrogens with zero attached hydrogens (tertiary/aromatic N) is 1. The lowest BCUT2D eigenvalue weighted by Gasteiger charge is -2.10. The van der Waals surface area contributed by atoms with Gasteiger partial charge in [0.2, 0.25) is 0 Å². The van der Waals surface area contributed by atoms with Crippen LogP contribution in [0, 0.1) is 0 Å². The highest BCUT2D eigenvalue weighted by Crippen LogP contribution is 2.27. The summed E-state index contributed by atoms with van der Waals surface area (Å²) in [5.74, 6) is 0.143. The monoisotopic (exact) mass is 308 g/mol. The lowest BCUT2D eigenvalue weighted by atomic mass is 9.94. The van der Waals surface area contributed by atoms with Crippen LogP contribution in [0.25, 0.3) is 0 Å². The zero-order chi connectivity index (χ0) is 15.5. The van der Waals surface area contributed by atoms with Gasteiger partial charge < -0.3 is 5.73 Å². The summed E-state index contributed by atoms with van der Waals surface area (Å²) in [5, 5.41) is 2.53. The maximum Gasteiger partial charge on any atom is 0.193 e. The summed E-state index contributed by atoms with van der Waals surface area (Å²) in [6.45, 7) is 2.07. The van der Waals surface area contributed by atoms with Gasteiger partial charge in [0, 0.05) is 22.4 Å². The van der Waals surface area contributed by atoms with Gasteiger partial charge in [-0.1, -0.05) is 55.5 Å². The molecule has 1 aromatic heterocycles. The standard InChI is InChI=1S/C18H16N2OS/c1-12(16-11-22-18(19)20-16)14-8-5-9-15(10-14)17(21)13-6-3-2-4-7-13/h2-12H,1H3,(H2,19,20). The topological polar surface area (TPSA) is 56.0 Å². The van der Waals surface area contributed by atoms with Crippen LogP contribution in [0.5, 0.6) is 0 Å². The number of ketones is 1. The van der Waals surface area contributed by atoms with E-state index in [0.717, 1.165) is 11.3 Å². The second-order valence-electron chi connectivity index (χ2n) is 5.15. The number of nitrogens with two attached hydrogens (primary N) is 1. The Labute approximate surface area is 133 Å². The Hall–Kier alpha value is -2.46. The third-order valence-corrected chi connectivity index (χ3v) is 4.36. The molecule has 1 unspecified atom stereocenters. The first-order chi connectivity index (χ1) is 10.6. The van der Waals surface area contributed by atoms with Gasteiger partial charge in [0.05, 0.1) is 5.69 Å². The van der Waals surface area contributed by atoms with Crippen LogP contribution in [-0.4, -0.2) is 10.8 Å². The van der Waals surface area contributed by atoms with E-state index in [0.29, 0.717) is 16.3 Å². The van der Waals surface area contributed by atoms with Gasteiger partial charge in [-0.3, -0.25) is 4.79 Å². The first-order valence-corrected chi connectivity index (χ1v) is 7.93. The number of carbonyl (C=O) groups is 1. The fraction of sp³-hybridized carbons (Fsp3) is 0.111. The molecule has 0 aliphatic carbocycles. The molecule has 1 heterocycles. The number of aromatic nitrogens is 1. The van der Waals surface area contributed by atoms with Crippen molar-refractivity contribution in [1.29, 1.82) is 0 Å². The quantitative estimate of drug-likeness (QED) is 0.738. The molecule has 3 nitrogen and oxygen atoms in total. The minimum atomic E-state index is 0.0347. The normalized spacial score (nSPS) is 12.0. The molecular weight excluding hydrogens is 292 g/mol. The molecule has 1 atom stereocenters. The number of benzene rings is 2. The smallest absolute Gasteiger partial charge is 0.193 e. The second kappa shape index (κ2) is 6.12. The van der Waals surface area contributed by atoms with Gasteiger partial charge in [-0.15, -0.1) is 11.3 Å². The van der Waals surface area contributed by atoms with E-state index >= 15 is 0 Å². The molecule has 0 aliphatic heterocycles. The number of carbonyl (C=O) groups excluding carboxylic acids is 1. The van der Waals surface area contributed by atoms with E-state index in [2.05, 4.69) is 11.9 Å². The average molecular weight is 308 g/mol.